The van der Waals surface area contributed by atoms with Crippen molar-refractivity contribution in [3.05, 3.63) is 59.7 Å². The first kappa shape index (κ1) is 25.2. The number of carbonyl (C=O) groups excluding carboxylic acids is 1. The van der Waals surface area contributed by atoms with E-state index in [1.807, 2.05) is 37.4 Å². The molecule has 1 aliphatic heterocycles. The molecule has 10 heteroatoms. The molecule has 1 atom stereocenters. The van der Waals surface area contributed by atoms with Crippen LogP contribution in [0.1, 0.15) is 17.5 Å². The van der Waals surface area contributed by atoms with Crippen molar-refractivity contribution in [3.63, 3.8) is 0 Å². The number of anilines is 1. The Kier molecular flexibility index (Phi) is 9.30. The lowest BCUT2D eigenvalue weighted by Gasteiger charge is -2.28. The van der Waals surface area contributed by atoms with Gasteiger partial charge in [0.2, 0.25) is 10.0 Å². The van der Waals surface area contributed by atoms with Crippen molar-refractivity contribution < 1.29 is 17.9 Å². The van der Waals surface area contributed by atoms with E-state index in [2.05, 4.69) is 20.1 Å². The molecule has 2 N–H and O–H groups in total. The van der Waals surface area contributed by atoms with E-state index in [1.165, 1.54) is 23.9 Å². The van der Waals surface area contributed by atoms with Gasteiger partial charge in [0.05, 0.1) is 24.3 Å². The van der Waals surface area contributed by atoms with Gasteiger partial charge in [0.1, 0.15) is 6.04 Å². The highest BCUT2D eigenvalue weighted by molar-refractivity contribution is 7.98. The highest BCUT2D eigenvalue weighted by Crippen LogP contribution is 2.16. The maximum Gasteiger partial charge on any atom is 0.258 e. The summed E-state index contributed by atoms with van der Waals surface area (Å²) in [6.07, 6.45) is 3.80. The first-order valence-corrected chi connectivity index (χ1v) is 13.6. The van der Waals surface area contributed by atoms with Crippen molar-refractivity contribution in [1.29, 1.82) is 0 Å². The minimum absolute atomic E-state index is 0.124. The van der Waals surface area contributed by atoms with Crippen LogP contribution in [0.4, 0.5) is 5.69 Å². The van der Waals surface area contributed by atoms with Crippen LogP contribution in [-0.2, 0) is 19.6 Å². The van der Waals surface area contributed by atoms with Gasteiger partial charge in [-0.2, -0.15) is 21.6 Å². The van der Waals surface area contributed by atoms with Crippen LogP contribution in [-0.4, -0.2) is 64.9 Å². The summed E-state index contributed by atoms with van der Waals surface area (Å²) in [6.45, 7) is 5.05. The fraction of sp³-hybridized carbons (Fsp3) is 0.391. The van der Waals surface area contributed by atoms with Crippen molar-refractivity contribution in [2.45, 2.75) is 24.3 Å². The van der Waals surface area contributed by atoms with Crippen molar-refractivity contribution in [3.8, 4) is 0 Å². The molecule has 2 aromatic carbocycles. The van der Waals surface area contributed by atoms with E-state index in [0.717, 1.165) is 43.1 Å². The van der Waals surface area contributed by atoms with Crippen molar-refractivity contribution in [2.24, 2.45) is 5.10 Å². The highest BCUT2D eigenvalue weighted by atomic mass is 32.2. The zero-order valence-electron chi connectivity index (χ0n) is 18.9. The average Bonchev–Trinajstić information content (AvgIpc) is 2.83. The summed E-state index contributed by atoms with van der Waals surface area (Å²) in [5.74, 6) is 0.127. The molecular weight excluding hydrogens is 460 g/mol. The standard InChI is InChI=1S/C23H30N4O4S2/c1-18-3-9-21(10-4-18)33(29,30)26-22(11-16-32-2)23(28)25-24-17-19-5-7-20(8-6-19)27-12-14-31-15-13-27/h3-10,17,22,26H,11-16H2,1-2H3,(H,25,28)/b24-17+/t22-/m0/s1. The SMILES string of the molecule is CSCC[C@H](NS(=O)(=O)c1ccc(C)cc1)C(=O)N/N=C/c1ccc(N2CCOCC2)cc1. The summed E-state index contributed by atoms with van der Waals surface area (Å²) in [7, 11) is -3.83. The zero-order chi connectivity index (χ0) is 23.7. The van der Waals surface area contributed by atoms with Crippen LogP contribution in [0, 0.1) is 6.92 Å². The lowest BCUT2D eigenvalue weighted by Crippen LogP contribution is -2.45. The van der Waals surface area contributed by atoms with Crippen LogP contribution >= 0.6 is 11.8 Å². The van der Waals surface area contributed by atoms with E-state index in [0.29, 0.717) is 12.2 Å². The van der Waals surface area contributed by atoms with Crippen LogP contribution in [0.3, 0.4) is 0 Å². The quantitative estimate of drug-likeness (QED) is 0.392. The summed E-state index contributed by atoms with van der Waals surface area (Å²) in [6, 6.07) is 13.4. The lowest BCUT2D eigenvalue weighted by molar-refractivity contribution is -0.122. The smallest absolute Gasteiger partial charge is 0.258 e. The molecule has 8 nitrogen and oxygen atoms in total. The van der Waals surface area contributed by atoms with E-state index < -0.39 is 22.0 Å². The number of morpholine rings is 1. The van der Waals surface area contributed by atoms with Gasteiger partial charge in [0.15, 0.2) is 0 Å². The third-order valence-corrected chi connectivity index (χ3v) is 7.35. The van der Waals surface area contributed by atoms with Crippen LogP contribution in [0.25, 0.3) is 0 Å². The molecule has 0 saturated carbocycles. The second-order valence-corrected chi connectivity index (χ2v) is 10.4. The number of sulfonamides is 1. The molecule has 33 heavy (non-hydrogen) atoms. The fourth-order valence-electron chi connectivity index (χ4n) is 3.29. The molecule has 2 aromatic rings. The minimum Gasteiger partial charge on any atom is -0.378 e. The van der Waals surface area contributed by atoms with E-state index in [-0.39, 0.29) is 4.90 Å². The Morgan fingerprint density at radius 3 is 2.45 bits per heavy atom. The molecular formula is C23H30N4O4S2. The molecule has 0 unspecified atom stereocenters. The first-order chi connectivity index (χ1) is 15.9. The van der Waals surface area contributed by atoms with Gasteiger partial charge in [-0.3, -0.25) is 4.79 Å². The van der Waals surface area contributed by atoms with Crippen molar-refractivity contribution >= 4 is 39.6 Å². The number of nitrogens with zero attached hydrogens (tertiary/aromatic N) is 2. The number of rotatable bonds is 10. The molecule has 0 bridgehead atoms. The Morgan fingerprint density at radius 2 is 1.82 bits per heavy atom. The maximum atomic E-state index is 12.7. The molecule has 3 rings (SSSR count). The van der Waals surface area contributed by atoms with Crippen LogP contribution in [0.15, 0.2) is 58.5 Å². The summed E-state index contributed by atoms with van der Waals surface area (Å²) in [5.41, 5.74) is 5.37. The summed E-state index contributed by atoms with van der Waals surface area (Å²) in [5, 5.41) is 4.03. The molecule has 1 heterocycles. The van der Waals surface area contributed by atoms with E-state index in [1.54, 1.807) is 18.3 Å². The number of hydrogen-bond donors (Lipinski definition) is 2. The Labute approximate surface area is 199 Å². The van der Waals surface area contributed by atoms with E-state index >= 15 is 0 Å². The van der Waals surface area contributed by atoms with Crippen LogP contribution in [0.5, 0.6) is 0 Å². The number of hydrogen-bond acceptors (Lipinski definition) is 7. The van der Waals surface area contributed by atoms with Gasteiger partial charge in [-0.15, -0.1) is 0 Å². The average molecular weight is 491 g/mol. The van der Waals surface area contributed by atoms with Crippen LogP contribution in [0.2, 0.25) is 0 Å². The molecule has 178 valence electrons. The Hall–Kier alpha value is -2.40. The number of aryl methyl sites for hydroxylation is 1. The number of carbonyl (C=O) groups is 1. The summed E-state index contributed by atoms with van der Waals surface area (Å²) in [4.78, 5) is 15.1. The Bertz CT molecular complexity index is 1040. The van der Waals surface area contributed by atoms with Gasteiger partial charge >= 0.3 is 0 Å². The van der Waals surface area contributed by atoms with E-state index in [4.69, 9.17) is 4.74 Å². The number of nitrogens with one attached hydrogen (secondary N) is 2. The van der Waals surface area contributed by atoms with Gasteiger partial charge in [0, 0.05) is 18.8 Å². The summed E-state index contributed by atoms with van der Waals surface area (Å²) < 4.78 is 33.4. The van der Waals surface area contributed by atoms with Gasteiger partial charge in [-0.25, -0.2) is 13.8 Å². The minimum atomic E-state index is -3.83. The largest absolute Gasteiger partial charge is 0.378 e. The molecule has 0 aliphatic carbocycles. The fourth-order valence-corrected chi connectivity index (χ4v) is 4.99. The molecule has 1 saturated heterocycles. The molecule has 0 radical (unpaired) electrons. The number of amides is 1. The van der Waals surface area contributed by atoms with Gasteiger partial charge < -0.3 is 9.64 Å². The Balaban J connectivity index is 1.61. The second kappa shape index (κ2) is 12.2. The molecule has 1 aliphatic rings. The van der Waals surface area contributed by atoms with Gasteiger partial charge in [-0.05, 0) is 55.2 Å². The molecule has 0 spiro atoms. The molecule has 0 aromatic heterocycles. The maximum absolute atomic E-state index is 12.7. The third kappa shape index (κ3) is 7.56. The van der Waals surface area contributed by atoms with Crippen LogP contribution < -0.4 is 15.0 Å². The second-order valence-electron chi connectivity index (χ2n) is 7.69. The first-order valence-electron chi connectivity index (χ1n) is 10.7. The normalized spacial score (nSPS) is 15.5. The molecule has 1 amide bonds. The summed E-state index contributed by atoms with van der Waals surface area (Å²) >= 11 is 1.54. The van der Waals surface area contributed by atoms with Crippen molar-refractivity contribution in [1.82, 2.24) is 10.1 Å². The predicted molar refractivity (Wildman–Crippen MR) is 133 cm³/mol. The lowest BCUT2D eigenvalue weighted by atomic mass is 10.2. The predicted octanol–water partition coefficient (Wildman–Crippen LogP) is 2.38. The Morgan fingerprint density at radius 1 is 1.15 bits per heavy atom. The highest BCUT2D eigenvalue weighted by Gasteiger charge is 2.25. The number of ether oxygens (including phenoxy) is 1. The topological polar surface area (TPSA) is 100 Å². The third-order valence-electron chi connectivity index (χ3n) is 5.21. The number of hydrazone groups is 1. The monoisotopic (exact) mass is 490 g/mol. The number of benzene rings is 2. The van der Waals surface area contributed by atoms with Gasteiger partial charge in [-0.1, -0.05) is 29.8 Å². The van der Waals surface area contributed by atoms with E-state index in [9.17, 15) is 13.2 Å². The van der Waals surface area contributed by atoms with Crippen molar-refractivity contribution in [2.75, 3.05) is 43.2 Å². The molecule has 1 fully saturated rings. The zero-order valence-corrected chi connectivity index (χ0v) is 20.5. The van der Waals surface area contributed by atoms with Gasteiger partial charge in [0.25, 0.3) is 5.91 Å². The number of thioether (sulfide) groups is 1.